The third kappa shape index (κ3) is 4.39. The third-order valence-corrected chi connectivity index (χ3v) is 9.76. The second-order valence-corrected chi connectivity index (χ2v) is 13.0. The fraction of sp³-hybridized carbons (Fsp3) is 0.0698. The van der Waals surface area contributed by atoms with Crippen LogP contribution in [-0.4, -0.2) is 21.4 Å². The Hall–Kier alpha value is -6.20. The molecule has 1 aromatic heterocycles. The van der Waals surface area contributed by atoms with Gasteiger partial charge in [-0.25, -0.2) is 9.97 Å². The molecule has 0 saturated heterocycles. The molecular weight excluding hydrogens is 587 g/mol. The predicted molar refractivity (Wildman–Crippen MR) is 199 cm³/mol. The Morgan fingerprint density at radius 3 is 2.29 bits per heavy atom. The normalized spacial score (nSPS) is 15.0. The van der Waals surface area contributed by atoms with Gasteiger partial charge in [0, 0.05) is 27.5 Å². The molecule has 6 aromatic carbocycles. The van der Waals surface area contributed by atoms with Gasteiger partial charge >= 0.3 is 0 Å². The van der Waals surface area contributed by atoms with Crippen LogP contribution in [0.4, 0.5) is 5.69 Å². The van der Waals surface area contributed by atoms with Crippen molar-refractivity contribution in [3.63, 3.8) is 0 Å². The summed E-state index contributed by atoms with van der Waals surface area (Å²) in [5.74, 6) is 0.661. The molecule has 0 amide bonds. The Morgan fingerprint density at radius 1 is 0.646 bits per heavy atom. The number of nitrogens with zero attached hydrogens (tertiary/aromatic N) is 3. The van der Waals surface area contributed by atoms with Crippen LogP contribution < -0.4 is 5.43 Å². The fourth-order valence-electron chi connectivity index (χ4n) is 7.29. The molecule has 0 atom stereocenters. The van der Waals surface area contributed by atoms with E-state index in [0.29, 0.717) is 17.2 Å². The lowest BCUT2D eigenvalue weighted by Crippen LogP contribution is -2.19. The molecule has 0 radical (unpaired) electrons. The Bertz CT molecular complexity index is 2520. The van der Waals surface area contributed by atoms with E-state index >= 15 is 0 Å². The minimum atomic E-state index is -0.109. The van der Waals surface area contributed by atoms with Crippen LogP contribution in [0.5, 0.6) is 0 Å². The van der Waals surface area contributed by atoms with E-state index in [9.17, 15) is 0 Å². The molecule has 0 bridgehead atoms. The summed E-state index contributed by atoms with van der Waals surface area (Å²) < 4.78 is 0. The summed E-state index contributed by atoms with van der Waals surface area (Å²) >= 11 is 0. The zero-order valence-electron chi connectivity index (χ0n) is 26.6. The molecule has 0 spiro atoms. The largest absolute Gasteiger partial charge is 0.299 e. The number of allylic oxidation sites excluding steroid dienone is 1. The Balaban J connectivity index is 1.20. The molecule has 0 fully saturated rings. The molecule has 0 saturated carbocycles. The minimum absolute atomic E-state index is 0.109. The van der Waals surface area contributed by atoms with Gasteiger partial charge < -0.3 is 0 Å². The summed E-state index contributed by atoms with van der Waals surface area (Å²) in [5, 5.41) is 16.6. The smallest absolute Gasteiger partial charge is 0.160 e. The van der Waals surface area contributed by atoms with E-state index in [1.54, 1.807) is 6.08 Å². The first-order valence-corrected chi connectivity index (χ1v) is 16.2. The van der Waals surface area contributed by atoms with Crippen LogP contribution in [0.25, 0.3) is 61.5 Å². The SMILES string of the molecule is CC1(C)c2ccccc2-c2ccc(-c3nc(-c4ccc5ccc6c(c5c4)/C(=N/Nc4ccccc4)C(=N)C=C6)nc4ccccc34)cc21. The number of hydrazone groups is 1. The van der Waals surface area contributed by atoms with E-state index in [1.807, 2.05) is 42.5 Å². The van der Waals surface area contributed by atoms with Crippen molar-refractivity contribution in [2.75, 3.05) is 5.43 Å². The molecule has 1 heterocycles. The van der Waals surface area contributed by atoms with E-state index in [4.69, 9.17) is 20.5 Å². The average Bonchev–Trinajstić information content (AvgIpc) is 3.36. The van der Waals surface area contributed by atoms with Crippen LogP contribution in [0.3, 0.4) is 0 Å². The summed E-state index contributed by atoms with van der Waals surface area (Å²) in [6.07, 6.45) is 3.79. The van der Waals surface area contributed by atoms with Crippen LogP contribution in [0.15, 0.2) is 139 Å². The van der Waals surface area contributed by atoms with Gasteiger partial charge in [-0.1, -0.05) is 117 Å². The number of para-hydroxylation sites is 2. The standard InChI is InChI=1S/C43H31N5/c1-43(2)35-14-8-6-12-31(35)32-22-20-28(25-36(32)43)40-33-13-7-9-15-38(33)45-42(46-40)29-19-17-26-16-18-27-21-23-37(44)41(39(27)34(26)24-29)48-47-30-10-4-3-5-11-30/h3-25,44,47H,1-2H3/b44-37?,48-41+. The van der Waals surface area contributed by atoms with Crippen LogP contribution >= 0.6 is 0 Å². The summed E-state index contributed by atoms with van der Waals surface area (Å²) in [6.45, 7) is 4.62. The molecule has 2 aliphatic carbocycles. The zero-order chi connectivity index (χ0) is 32.4. The lowest BCUT2D eigenvalue weighted by atomic mass is 9.82. The van der Waals surface area contributed by atoms with Gasteiger partial charge in [-0.2, -0.15) is 5.10 Å². The average molecular weight is 618 g/mol. The Morgan fingerprint density at radius 2 is 1.40 bits per heavy atom. The number of hydrogen-bond donors (Lipinski definition) is 2. The van der Waals surface area contributed by atoms with Crippen molar-refractivity contribution >= 4 is 44.9 Å². The van der Waals surface area contributed by atoms with Crippen molar-refractivity contribution in [2.24, 2.45) is 5.10 Å². The fourth-order valence-corrected chi connectivity index (χ4v) is 7.29. The van der Waals surface area contributed by atoms with Gasteiger partial charge in [-0.3, -0.25) is 10.8 Å². The molecule has 7 aromatic rings. The van der Waals surface area contributed by atoms with E-state index in [-0.39, 0.29) is 5.41 Å². The number of nitrogens with one attached hydrogen (secondary N) is 2. The highest BCUT2D eigenvalue weighted by molar-refractivity contribution is 6.55. The second kappa shape index (κ2) is 10.7. The monoisotopic (exact) mass is 617 g/mol. The first-order chi connectivity index (χ1) is 23.5. The lowest BCUT2D eigenvalue weighted by Gasteiger charge is -2.22. The predicted octanol–water partition coefficient (Wildman–Crippen LogP) is 10.3. The van der Waals surface area contributed by atoms with Crippen molar-refractivity contribution in [1.29, 1.82) is 5.41 Å². The van der Waals surface area contributed by atoms with Gasteiger partial charge in [0.2, 0.25) is 0 Å². The highest BCUT2D eigenvalue weighted by Crippen LogP contribution is 2.49. The number of rotatable bonds is 4. The third-order valence-electron chi connectivity index (χ3n) is 9.76. The van der Waals surface area contributed by atoms with Crippen molar-refractivity contribution in [3.8, 4) is 33.8 Å². The molecule has 2 aliphatic rings. The van der Waals surface area contributed by atoms with Crippen LogP contribution in [0.1, 0.15) is 36.1 Å². The summed E-state index contributed by atoms with van der Waals surface area (Å²) in [7, 11) is 0. The number of benzene rings is 6. The van der Waals surface area contributed by atoms with E-state index < -0.39 is 0 Å². The first kappa shape index (κ1) is 28.1. The topological polar surface area (TPSA) is 74.0 Å². The van der Waals surface area contributed by atoms with Crippen LogP contribution in [0.2, 0.25) is 0 Å². The molecule has 228 valence electrons. The number of fused-ring (bicyclic) bond motifs is 7. The first-order valence-electron chi connectivity index (χ1n) is 16.2. The maximum atomic E-state index is 8.79. The zero-order valence-corrected chi connectivity index (χ0v) is 26.6. The molecule has 2 N–H and O–H groups in total. The van der Waals surface area contributed by atoms with Gasteiger partial charge in [0.05, 0.1) is 22.6 Å². The quantitative estimate of drug-likeness (QED) is 0.193. The molecule has 0 unspecified atom stereocenters. The van der Waals surface area contributed by atoms with E-state index in [0.717, 1.165) is 55.3 Å². The van der Waals surface area contributed by atoms with E-state index in [2.05, 4.69) is 110 Å². The molecule has 48 heavy (non-hydrogen) atoms. The highest BCUT2D eigenvalue weighted by Gasteiger charge is 2.35. The summed E-state index contributed by atoms with van der Waals surface area (Å²) in [6, 6.07) is 44.1. The van der Waals surface area contributed by atoms with Crippen LogP contribution in [-0.2, 0) is 5.41 Å². The minimum Gasteiger partial charge on any atom is -0.299 e. The van der Waals surface area contributed by atoms with Crippen molar-refractivity contribution in [1.82, 2.24) is 9.97 Å². The molecule has 5 heteroatoms. The van der Waals surface area contributed by atoms with Gasteiger partial charge in [-0.05, 0) is 75.0 Å². The molecule has 9 rings (SSSR count). The van der Waals surface area contributed by atoms with Crippen molar-refractivity contribution < 1.29 is 0 Å². The van der Waals surface area contributed by atoms with Crippen LogP contribution in [0, 0.1) is 5.41 Å². The number of hydrogen-bond acceptors (Lipinski definition) is 5. The maximum absolute atomic E-state index is 8.79. The van der Waals surface area contributed by atoms with Gasteiger partial charge in [0.25, 0.3) is 0 Å². The molecule has 0 aliphatic heterocycles. The summed E-state index contributed by atoms with van der Waals surface area (Å²) in [4.78, 5) is 10.4. The van der Waals surface area contributed by atoms with Gasteiger partial charge in [0.1, 0.15) is 5.71 Å². The summed E-state index contributed by atoms with van der Waals surface area (Å²) in [5.41, 5.74) is 15.9. The molecule has 5 nitrogen and oxygen atoms in total. The maximum Gasteiger partial charge on any atom is 0.160 e. The van der Waals surface area contributed by atoms with Gasteiger partial charge in [0.15, 0.2) is 5.82 Å². The second-order valence-electron chi connectivity index (χ2n) is 13.0. The number of aromatic nitrogens is 2. The Labute approximate surface area is 278 Å². The Kier molecular flexibility index (Phi) is 6.24. The number of anilines is 1. The van der Waals surface area contributed by atoms with E-state index in [1.165, 1.54) is 22.3 Å². The van der Waals surface area contributed by atoms with Crippen molar-refractivity contribution in [3.05, 3.63) is 156 Å². The molecular formula is C43H31N5. The van der Waals surface area contributed by atoms with Gasteiger partial charge in [-0.15, -0.1) is 0 Å². The van der Waals surface area contributed by atoms with Crippen molar-refractivity contribution in [2.45, 2.75) is 19.3 Å². The lowest BCUT2D eigenvalue weighted by molar-refractivity contribution is 0.660. The highest BCUT2D eigenvalue weighted by atomic mass is 15.3.